The Labute approximate surface area is 145 Å². The number of hydrogen-bond donors (Lipinski definition) is 1. The fraction of sp³-hybridized carbons (Fsp3) is 0.632. The molecule has 0 aromatic heterocycles. The lowest BCUT2D eigenvalue weighted by Crippen LogP contribution is -2.31. The van der Waals surface area contributed by atoms with Crippen molar-refractivity contribution >= 4 is 17.5 Å². The third kappa shape index (κ3) is 6.52. The maximum Gasteiger partial charge on any atom is 0.220 e. The van der Waals surface area contributed by atoms with Gasteiger partial charge in [-0.1, -0.05) is 49.4 Å². The van der Waals surface area contributed by atoms with Gasteiger partial charge in [0, 0.05) is 11.4 Å². The van der Waals surface area contributed by atoms with Crippen molar-refractivity contribution in [1.29, 1.82) is 0 Å². The van der Waals surface area contributed by atoms with Gasteiger partial charge in [-0.15, -0.1) is 0 Å². The van der Waals surface area contributed by atoms with Crippen molar-refractivity contribution in [3.8, 4) is 0 Å². The smallest absolute Gasteiger partial charge is 0.220 e. The van der Waals surface area contributed by atoms with E-state index in [1.807, 2.05) is 24.3 Å². The Hall–Kier alpha value is -1.06. The monoisotopic (exact) mass is 336 g/mol. The number of nitrogens with one attached hydrogen (secondary N) is 1. The van der Waals surface area contributed by atoms with Crippen molar-refractivity contribution in [2.45, 2.75) is 51.0 Å². The van der Waals surface area contributed by atoms with Crippen LogP contribution in [-0.2, 0) is 4.79 Å². The van der Waals surface area contributed by atoms with E-state index in [9.17, 15) is 4.79 Å². The molecule has 4 heteroatoms. The molecule has 0 radical (unpaired) electrons. The minimum Gasteiger partial charge on any atom is -0.349 e. The number of benzene rings is 1. The molecule has 1 N–H and O–H groups in total. The highest BCUT2D eigenvalue weighted by molar-refractivity contribution is 6.30. The van der Waals surface area contributed by atoms with Gasteiger partial charge < -0.3 is 10.2 Å². The Balaban J connectivity index is 1.90. The Bertz CT molecular complexity index is 481. The minimum absolute atomic E-state index is 0.0609. The molecule has 0 spiro atoms. The normalized spacial score (nSPS) is 16.7. The van der Waals surface area contributed by atoms with Crippen molar-refractivity contribution in [2.75, 3.05) is 20.6 Å². The maximum atomic E-state index is 12.3. The lowest BCUT2D eigenvalue weighted by atomic mass is 10.00. The molecule has 1 amide bonds. The molecule has 128 valence electrons. The molecule has 23 heavy (non-hydrogen) atoms. The van der Waals surface area contributed by atoms with E-state index < -0.39 is 0 Å². The van der Waals surface area contributed by atoms with Gasteiger partial charge >= 0.3 is 0 Å². The zero-order chi connectivity index (χ0) is 16.7. The van der Waals surface area contributed by atoms with Crippen LogP contribution in [0.2, 0.25) is 5.02 Å². The number of rotatable bonds is 8. The predicted octanol–water partition coefficient (Wildman–Crippen LogP) is 4.42. The van der Waals surface area contributed by atoms with Crippen molar-refractivity contribution in [3.63, 3.8) is 0 Å². The standard InChI is InChI=1S/C19H29ClN2O/c1-22(2)14-13-18(16-8-10-17(20)11-9-16)21-19(23)12-7-15-5-3-4-6-15/h8-11,15,18H,3-7,12-14H2,1-2H3,(H,21,23). The molecular formula is C19H29ClN2O. The third-order valence-electron chi connectivity index (χ3n) is 4.73. The first-order chi connectivity index (χ1) is 11.0. The van der Waals surface area contributed by atoms with E-state index in [2.05, 4.69) is 24.3 Å². The zero-order valence-electron chi connectivity index (χ0n) is 14.4. The highest BCUT2D eigenvalue weighted by Crippen LogP contribution is 2.28. The Kier molecular flexibility index (Phi) is 7.38. The van der Waals surface area contributed by atoms with E-state index in [0.29, 0.717) is 6.42 Å². The average molecular weight is 337 g/mol. The summed E-state index contributed by atoms with van der Waals surface area (Å²) in [5.41, 5.74) is 1.13. The first-order valence-corrected chi connectivity index (χ1v) is 9.12. The molecule has 1 saturated carbocycles. The average Bonchev–Trinajstić information content (AvgIpc) is 3.03. The van der Waals surface area contributed by atoms with Gasteiger partial charge in [-0.25, -0.2) is 0 Å². The minimum atomic E-state index is 0.0609. The molecule has 0 heterocycles. The number of carbonyl (C=O) groups excluding carboxylic acids is 1. The molecule has 0 aliphatic heterocycles. The van der Waals surface area contributed by atoms with Crippen molar-refractivity contribution < 1.29 is 4.79 Å². The third-order valence-corrected chi connectivity index (χ3v) is 4.98. The van der Waals surface area contributed by atoms with Crippen LogP contribution in [0.1, 0.15) is 56.6 Å². The lowest BCUT2D eigenvalue weighted by molar-refractivity contribution is -0.122. The summed E-state index contributed by atoms with van der Waals surface area (Å²) < 4.78 is 0. The number of amides is 1. The van der Waals surface area contributed by atoms with Crippen LogP contribution in [0, 0.1) is 5.92 Å². The van der Waals surface area contributed by atoms with Crippen LogP contribution < -0.4 is 5.32 Å². The summed E-state index contributed by atoms with van der Waals surface area (Å²) in [5.74, 6) is 0.937. The van der Waals surface area contributed by atoms with E-state index in [0.717, 1.165) is 35.9 Å². The zero-order valence-corrected chi connectivity index (χ0v) is 15.1. The van der Waals surface area contributed by atoms with Crippen LogP contribution in [0.15, 0.2) is 24.3 Å². The summed E-state index contributed by atoms with van der Waals surface area (Å²) >= 11 is 5.98. The highest BCUT2D eigenvalue weighted by atomic mass is 35.5. The topological polar surface area (TPSA) is 32.3 Å². The Morgan fingerprint density at radius 2 is 1.91 bits per heavy atom. The lowest BCUT2D eigenvalue weighted by Gasteiger charge is -2.22. The molecule has 0 saturated heterocycles. The number of nitrogens with zero attached hydrogens (tertiary/aromatic N) is 1. The van der Waals surface area contributed by atoms with Crippen LogP contribution in [-0.4, -0.2) is 31.4 Å². The molecule has 1 aromatic carbocycles. The molecule has 1 aliphatic rings. The fourth-order valence-electron chi connectivity index (χ4n) is 3.31. The Morgan fingerprint density at radius 1 is 1.26 bits per heavy atom. The Morgan fingerprint density at radius 3 is 2.52 bits per heavy atom. The summed E-state index contributed by atoms with van der Waals surface area (Å²) in [4.78, 5) is 14.5. The van der Waals surface area contributed by atoms with Gasteiger partial charge in [-0.05, 0) is 57.1 Å². The van der Waals surface area contributed by atoms with Gasteiger partial charge in [0.25, 0.3) is 0 Å². The van der Waals surface area contributed by atoms with E-state index in [1.165, 1.54) is 25.7 Å². The van der Waals surface area contributed by atoms with Gasteiger partial charge in [-0.2, -0.15) is 0 Å². The molecule has 3 nitrogen and oxygen atoms in total. The van der Waals surface area contributed by atoms with Crippen molar-refractivity contribution in [3.05, 3.63) is 34.9 Å². The molecule has 2 rings (SSSR count). The summed E-state index contributed by atoms with van der Waals surface area (Å²) in [6, 6.07) is 7.87. The summed E-state index contributed by atoms with van der Waals surface area (Å²) in [6.45, 7) is 0.941. The number of hydrogen-bond acceptors (Lipinski definition) is 2. The second-order valence-electron chi connectivity index (χ2n) is 6.95. The highest BCUT2D eigenvalue weighted by Gasteiger charge is 2.18. The molecular weight excluding hydrogens is 308 g/mol. The van der Waals surface area contributed by atoms with Gasteiger partial charge in [0.15, 0.2) is 0 Å². The fourth-order valence-corrected chi connectivity index (χ4v) is 3.43. The summed E-state index contributed by atoms with van der Waals surface area (Å²) in [5, 5.41) is 3.95. The molecule has 0 bridgehead atoms. The van der Waals surface area contributed by atoms with Crippen LogP contribution in [0.4, 0.5) is 0 Å². The predicted molar refractivity (Wildman–Crippen MR) is 96.7 cm³/mol. The van der Waals surface area contributed by atoms with E-state index in [-0.39, 0.29) is 11.9 Å². The van der Waals surface area contributed by atoms with Crippen LogP contribution >= 0.6 is 11.6 Å². The van der Waals surface area contributed by atoms with Crippen molar-refractivity contribution in [1.82, 2.24) is 10.2 Å². The number of carbonyl (C=O) groups is 1. The molecule has 1 fully saturated rings. The summed E-state index contributed by atoms with van der Waals surface area (Å²) in [6.07, 6.45) is 7.86. The SMILES string of the molecule is CN(C)CCC(NC(=O)CCC1CCCC1)c1ccc(Cl)cc1. The van der Waals surface area contributed by atoms with E-state index in [4.69, 9.17) is 11.6 Å². The second kappa shape index (κ2) is 9.29. The maximum absolute atomic E-state index is 12.3. The molecule has 1 atom stereocenters. The first kappa shape index (κ1) is 18.3. The van der Waals surface area contributed by atoms with Gasteiger partial charge in [0.05, 0.1) is 6.04 Å². The van der Waals surface area contributed by atoms with Crippen LogP contribution in [0.3, 0.4) is 0 Å². The molecule has 1 unspecified atom stereocenters. The quantitative estimate of drug-likeness (QED) is 0.762. The van der Waals surface area contributed by atoms with E-state index in [1.54, 1.807) is 0 Å². The molecule has 1 aliphatic carbocycles. The second-order valence-corrected chi connectivity index (χ2v) is 7.39. The van der Waals surface area contributed by atoms with Gasteiger partial charge in [-0.3, -0.25) is 4.79 Å². The first-order valence-electron chi connectivity index (χ1n) is 8.74. The largest absolute Gasteiger partial charge is 0.349 e. The molecule has 1 aromatic rings. The van der Waals surface area contributed by atoms with Crippen molar-refractivity contribution in [2.24, 2.45) is 5.92 Å². The van der Waals surface area contributed by atoms with Crippen LogP contribution in [0.25, 0.3) is 0 Å². The van der Waals surface area contributed by atoms with Gasteiger partial charge in [0.1, 0.15) is 0 Å². The van der Waals surface area contributed by atoms with E-state index >= 15 is 0 Å². The van der Waals surface area contributed by atoms with Crippen LogP contribution in [0.5, 0.6) is 0 Å². The van der Waals surface area contributed by atoms with Gasteiger partial charge in [0.2, 0.25) is 5.91 Å². The summed E-state index contributed by atoms with van der Waals surface area (Å²) in [7, 11) is 4.11. The number of halogens is 1.